The van der Waals surface area contributed by atoms with E-state index in [0.29, 0.717) is 19.5 Å². The first-order valence-electron chi connectivity index (χ1n) is 16.8. The normalized spacial score (nSPS) is 16.1. The Bertz CT molecular complexity index is 1720. The van der Waals surface area contributed by atoms with E-state index in [2.05, 4.69) is 169 Å². The molecule has 0 aliphatic carbocycles. The molecule has 1 fully saturated rings. The lowest BCUT2D eigenvalue weighted by molar-refractivity contribution is -0.131. The topological polar surface area (TPSA) is 56.8 Å². The van der Waals surface area contributed by atoms with Gasteiger partial charge in [-0.25, -0.2) is 0 Å². The summed E-state index contributed by atoms with van der Waals surface area (Å²) in [5, 5.41) is 0. The maximum Gasteiger partial charge on any atom is 0.219 e. The highest BCUT2D eigenvalue weighted by atomic mass is 16.2. The number of nitrogens with zero attached hydrogens (tertiary/aromatic N) is 4. The number of pyridine rings is 1. The Morgan fingerprint density at radius 1 is 0.792 bits per heavy atom. The number of ketones is 1. The molecule has 1 aliphatic rings. The standard InChI is InChI=1S/C42H44N4O2/c1-5-44(6-2)38-28-43-27-26-32(38)29-45-31-46(40(39(48)30-47)41(45,3)4)37-24-22-36(23-25-37)42(33-16-10-7-11-17-33,34-18-12-8-13-19-34)35-20-14-9-15-21-35/h7-28,30,40H,5-6,29,31H2,1-4H3. The molecule has 6 rings (SSSR count). The van der Waals surface area contributed by atoms with Gasteiger partial charge in [-0.2, -0.15) is 0 Å². The molecule has 4 aromatic carbocycles. The molecule has 0 radical (unpaired) electrons. The quantitative estimate of drug-likeness (QED) is 0.0803. The summed E-state index contributed by atoms with van der Waals surface area (Å²) in [5.74, 6) is -0.419. The van der Waals surface area contributed by atoms with Crippen molar-refractivity contribution in [2.24, 2.45) is 0 Å². The number of aldehydes is 1. The molecule has 48 heavy (non-hydrogen) atoms. The van der Waals surface area contributed by atoms with E-state index < -0.39 is 22.8 Å². The van der Waals surface area contributed by atoms with Crippen LogP contribution in [0.1, 0.15) is 55.5 Å². The molecule has 0 N–H and O–H groups in total. The minimum Gasteiger partial charge on any atom is -0.371 e. The van der Waals surface area contributed by atoms with Crippen LogP contribution in [0.15, 0.2) is 134 Å². The average molecular weight is 637 g/mol. The Morgan fingerprint density at radius 3 is 1.77 bits per heavy atom. The number of Topliss-reactive ketones (excluding diaryl/α,β-unsaturated/α-hetero) is 1. The summed E-state index contributed by atoms with van der Waals surface area (Å²) >= 11 is 0. The Morgan fingerprint density at radius 2 is 1.29 bits per heavy atom. The van der Waals surface area contributed by atoms with Gasteiger partial charge in [0.2, 0.25) is 5.78 Å². The lowest BCUT2D eigenvalue weighted by Crippen LogP contribution is -2.51. The van der Waals surface area contributed by atoms with Crippen LogP contribution in [0.25, 0.3) is 0 Å². The molecule has 244 valence electrons. The summed E-state index contributed by atoms with van der Waals surface area (Å²) in [5.41, 5.74) is 6.58. The second-order valence-electron chi connectivity index (χ2n) is 13.0. The molecule has 6 nitrogen and oxygen atoms in total. The number of anilines is 2. The highest BCUT2D eigenvalue weighted by Gasteiger charge is 2.50. The molecule has 0 saturated carbocycles. The van der Waals surface area contributed by atoms with Crippen molar-refractivity contribution in [3.63, 3.8) is 0 Å². The summed E-state index contributed by atoms with van der Waals surface area (Å²) in [6.45, 7) is 11.3. The second-order valence-corrected chi connectivity index (χ2v) is 13.0. The lowest BCUT2D eigenvalue weighted by atomic mass is 9.65. The van der Waals surface area contributed by atoms with Crippen molar-refractivity contribution in [3.8, 4) is 0 Å². The van der Waals surface area contributed by atoms with Crippen molar-refractivity contribution in [1.29, 1.82) is 0 Å². The van der Waals surface area contributed by atoms with Gasteiger partial charge in [-0.05, 0) is 73.7 Å². The minimum absolute atomic E-state index is 0.419. The van der Waals surface area contributed by atoms with Crippen molar-refractivity contribution in [3.05, 3.63) is 162 Å². The summed E-state index contributed by atoms with van der Waals surface area (Å²) in [7, 11) is 0. The van der Waals surface area contributed by atoms with E-state index in [4.69, 9.17) is 0 Å². The predicted molar refractivity (Wildman–Crippen MR) is 194 cm³/mol. The SMILES string of the molecule is CCN(CC)c1cnccc1CN1CN(c2ccc(C(c3ccccc3)(c3ccccc3)c3ccccc3)cc2)C(C(=O)C=O)C1(C)C. The molecule has 0 bridgehead atoms. The fourth-order valence-corrected chi connectivity index (χ4v) is 7.62. The first kappa shape index (κ1) is 32.9. The molecule has 2 heterocycles. The largest absolute Gasteiger partial charge is 0.371 e. The van der Waals surface area contributed by atoms with E-state index >= 15 is 0 Å². The number of aromatic nitrogens is 1. The molecule has 1 aromatic heterocycles. The number of hydrogen-bond acceptors (Lipinski definition) is 6. The molecule has 1 aliphatic heterocycles. The van der Waals surface area contributed by atoms with Gasteiger partial charge in [0.1, 0.15) is 6.04 Å². The highest BCUT2D eigenvalue weighted by Crippen LogP contribution is 2.46. The Kier molecular flexibility index (Phi) is 9.56. The molecular weight excluding hydrogens is 592 g/mol. The van der Waals surface area contributed by atoms with Gasteiger partial charge in [0, 0.05) is 37.1 Å². The van der Waals surface area contributed by atoms with Crippen LogP contribution in [-0.4, -0.2) is 53.3 Å². The summed E-state index contributed by atoms with van der Waals surface area (Å²) in [6.07, 6.45) is 4.24. The van der Waals surface area contributed by atoms with Gasteiger partial charge >= 0.3 is 0 Å². The molecule has 5 aromatic rings. The zero-order chi connectivity index (χ0) is 33.7. The summed E-state index contributed by atoms with van der Waals surface area (Å²) in [6, 6.07) is 41.9. The molecular formula is C42H44N4O2. The van der Waals surface area contributed by atoms with Crippen LogP contribution in [0.2, 0.25) is 0 Å². The van der Waals surface area contributed by atoms with Crippen molar-refractivity contribution in [2.45, 2.75) is 51.2 Å². The van der Waals surface area contributed by atoms with E-state index in [0.717, 1.165) is 35.6 Å². The maximum absolute atomic E-state index is 13.4. The second kappa shape index (κ2) is 14.0. The van der Waals surface area contributed by atoms with Gasteiger partial charge in [-0.3, -0.25) is 19.5 Å². The molecule has 1 unspecified atom stereocenters. The van der Waals surface area contributed by atoms with Gasteiger partial charge in [0.05, 0.1) is 24.0 Å². The summed E-state index contributed by atoms with van der Waals surface area (Å²) in [4.78, 5) is 36.6. The first-order chi connectivity index (χ1) is 23.4. The smallest absolute Gasteiger partial charge is 0.219 e. The van der Waals surface area contributed by atoms with Crippen LogP contribution in [0, 0.1) is 0 Å². The Hall–Kier alpha value is -5.07. The Labute approximate surface area is 284 Å². The highest BCUT2D eigenvalue weighted by molar-refractivity contribution is 6.28. The van der Waals surface area contributed by atoms with Gasteiger partial charge in [0.15, 0.2) is 6.29 Å². The van der Waals surface area contributed by atoms with E-state index in [1.807, 2.05) is 12.4 Å². The number of hydrogen-bond donors (Lipinski definition) is 0. The van der Waals surface area contributed by atoms with Crippen molar-refractivity contribution in [2.75, 3.05) is 29.6 Å². The molecule has 0 amide bonds. The van der Waals surface area contributed by atoms with E-state index in [1.54, 1.807) is 0 Å². The van der Waals surface area contributed by atoms with E-state index in [-0.39, 0.29) is 0 Å². The molecule has 1 saturated heterocycles. The third-order valence-corrected chi connectivity index (χ3v) is 10.1. The van der Waals surface area contributed by atoms with Crippen LogP contribution in [-0.2, 0) is 21.5 Å². The van der Waals surface area contributed by atoms with Crippen LogP contribution < -0.4 is 9.80 Å². The maximum atomic E-state index is 13.4. The van der Waals surface area contributed by atoms with Crippen LogP contribution >= 0.6 is 0 Å². The van der Waals surface area contributed by atoms with Crippen molar-refractivity contribution < 1.29 is 9.59 Å². The third-order valence-electron chi connectivity index (χ3n) is 10.1. The monoisotopic (exact) mass is 636 g/mol. The summed E-state index contributed by atoms with van der Waals surface area (Å²) < 4.78 is 0. The molecule has 6 heteroatoms. The third kappa shape index (κ3) is 5.82. The lowest BCUT2D eigenvalue weighted by Gasteiger charge is -2.37. The zero-order valence-electron chi connectivity index (χ0n) is 28.3. The Balaban J connectivity index is 1.43. The minimum atomic E-state index is -0.637. The van der Waals surface area contributed by atoms with E-state index in [1.165, 1.54) is 16.7 Å². The fraction of sp³-hybridized carbons (Fsp3) is 0.262. The van der Waals surface area contributed by atoms with Gasteiger partial charge < -0.3 is 9.80 Å². The predicted octanol–water partition coefficient (Wildman–Crippen LogP) is 7.51. The van der Waals surface area contributed by atoms with Crippen LogP contribution in [0.4, 0.5) is 11.4 Å². The molecule has 0 spiro atoms. The zero-order valence-corrected chi connectivity index (χ0v) is 28.3. The number of carbonyl (C=O) groups excluding carboxylic acids is 2. The van der Waals surface area contributed by atoms with Crippen LogP contribution in [0.3, 0.4) is 0 Å². The number of rotatable bonds is 12. The van der Waals surface area contributed by atoms with Crippen molar-refractivity contribution in [1.82, 2.24) is 9.88 Å². The first-order valence-corrected chi connectivity index (χ1v) is 16.8. The average Bonchev–Trinajstić information content (AvgIpc) is 3.40. The van der Waals surface area contributed by atoms with Crippen molar-refractivity contribution >= 4 is 23.4 Å². The van der Waals surface area contributed by atoms with E-state index in [9.17, 15) is 9.59 Å². The number of benzene rings is 4. The van der Waals surface area contributed by atoms with Gasteiger partial charge in [-0.15, -0.1) is 0 Å². The van der Waals surface area contributed by atoms with Gasteiger partial charge in [-0.1, -0.05) is 103 Å². The number of carbonyl (C=O) groups is 2. The van der Waals surface area contributed by atoms with Gasteiger partial charge in [0.25, 0.3) is 0 Å². The van der Waals surface area contributed by atoms with Crippen LogP contribution in [0.5, 0.6) is 0 Å². The molecule has 1 atom stereocenters. The fourth-order valence-electron chi connectivity index (χ4n) is 7.62.